The lowest BCUT2D eigenvalue weighted by Gasteiger charge is -2.23. The summed E-state index contributed by atoms with van der Waals surface area (Å²) in [6, 6.07) is 11.4. The van der Waals surface area contributed by atoms with Gasteiger partial charge in [0.15, 0.2) is 5.75 Å². The number of pyridine rings is 1. The Bertz CT molecular complexity index is 532. The van der Waals surface area contributed by atoms with E-state index >= 15 is 0 Å². The second kappa shape index (κ2) is 4.99. The van der Waals surface area contributed by atoms with Crippen molar-refractivity contribution in [2.75, 3.05) is 0 Å². The molecule has 0 fully saturated rings. The van der Waals surface area contributed by atoms with Gasteiger partial charge in [-0.1, -0.05) is 50.6 Å². The largest absolute Gasteiger partial charge is 0.437 e. The van der Waals surface area contributed by atoms with Gasteiger partial charge in [-0.3, -0.25) is 0 Å². The minimum atomic E-state index is -0.0327. The predicted molar refractivity (Wildman–Crippen MR) is 74.5 cm³/mol. The first-order valence-corrected chi connectivity index (χ1v) is 6.24. The summed E-state index contributed by atoms with van der Waals surface area (Å²) < 4.78 is 5.82. The molecule has 0 bridgehead atoms. The van der Waals surface area contributed by atoms with Crippen LogP contribution in [0.2, 0.25) is 5.02 Å². The summed E-state index contributed by atoms with van der Waals surface area (Å²) >= 11 is 6.23. The Balaban J connectivity index is 2.44. The maximum absolute atomic E-state index is 6.23. The highest BCUT2D eigenvalue weighted by Gasteiger charge is 2.21. The van der Waals surface area contributed by atoms with Gasteiger partial charge in [0.2, 0.25) is 5.88 Å². The highest BCUT2D eigenvalue weighted by atomic mass is 35.5. The van der Waals surface area contributed by atoms with Crippen molar-refractivity contribution >= 4 is 11.6 Å². The highest BCUT2D eigenvalue weighted by molar-refractivity contribution is 6.32. The number of halogens is 1. The molecule has 2 aromatic rings. The van der Waals surface area contributed by atoms with Gasteiger partial charge in [0.05, 0.1) is 5.02 Å². The molecule has 1 aromatic heterocycles. The van der Waals surface area contributed by atoms with E-state index in [1.807, 2.05) is 36.4 Å². The third-order valence-corrected chi connectivity index (χ3v) is 2.92. The molecule has 0 spiro atoms. The third-order valence-electron chi connectivity index (χ3n) is 2.62. The van der Waals surface area contributed by atoms with Crippen molar-refractivity contribution < 1.29 is 4.74 Å². The summed E-state index contributed by atoms with van der Waals surface area (Å²) in [5.41, 5.74) is 1.04. The van der Waals surface area contributed by atoms with Crippen LogP contribution in [0.5, 0.6) is 11.6 Å². The topological polar surface area (TPSA) is 22.1 Å². The number of rotatable bonds is 2. The van der Waals surface area contributed by atoms with Crippen molar-refractivity contribution in [3.63, 3.8) is 0 Å². The van der Waals surface area contributed by atoms with Crippen LogP contribution in [0.25, 0.3) is 0 Å². The Kier molecular flexibility index (Phi) is 3.58. The zero-order valence-electron chi connectivity index (χ0n) is 10.8. The van der Waals surface area contributed by atoms with Crippen molar-refractivity contribution in [3.8, 4) is 11.6 Å². The molecule has 0 radical (unpaired) electrons. The van der Waals surface area contributed by atoms with E-state index in [0.717, 1.165) is 5.56 Å². The number of hydrogen-bond donors (Lipinski definition) is 0. The molecular formula is C15H16ClNO. The van der Waals surface area contributed by atoms with Crippen molar-refractivity contribution in [3.05, 3.63) is 53.2 Å². The molecule has 18 heavy (non-hydrogen) atoms. The van der Waals surface area contributed by atoms with Crippen LogP contribution in [-0.2, 0) is 5.41 Å². The Morgan fingerprint density at radius 3 is 2.44 bits per heavy atom. The molecule has 0 amide bonds. The fourth-order valence-electron chi connectivity index (χ4n) is 1.72. The van der Waals surface area contributed by atoms with Crippen molar-refractivity contribution in [1.29, 1.82) is 0 Å². The fourth-order valence-corrected chi connectivity index (χ4v) is 1.93. The third kappa shape index (κ3) is 2.82. The second-order valence-corrected chi connectivity index (χ2v) is 5.54. The number of nitrogens with zero attached hydrogens (tertiary/aromatic N) is 1. The average molecular weight is 262 g/mol. The molecule has 0 atom stereocenters. The number of benzene rings is 1. The van der Waals surface area contributed by atoms with Crippen molar-refractivity contribution in [1.82, 2.24) is 4.98 Å². The van der Waals surface area contributed by atoms with E-state index in [4.69, 9.17) is 16.3 Å². The lowest BCUT2D eigenvalue weighted by atomic mass is 9.86. The van der Waals surface area contributed by atoms with Crippen LogP contribution in [0, 0.1) is 0 Å². The summed E-state index contributed by atoms with van der Waals surface area (Å²) in [6.45, 7) is 6.39. The maximum atomic E-state index is 6.23. The molecule has 2 nitrogen and oxygen atoms in total. The molecule has 0 aliphatic rings. The van der Waals surface area contributed by atoms with E-state index in [1.165, 1.54) is 0 Å². The number of aromatic nitrogens is 1. The van der Waals surface area contributed by atoms with E-state index < -0.39 is 0 Å². The van der Waals surface area contributed by atoms with Crippen LogP contribution < -0.4 is 4.74 Å². The molecule has 0 aliphatic heterocycles. The van der Waals surface area contributed by atoms with Gasteiger partial charge in [-0.15, -0.1) is 0 Å². The highest BCUT2D eigenvalue weighted by Crippen LogP contribution is 2.38. The van der Waals surface area contributed by atoms with Gasteiger partial charge in [0.25, 0.3) is 0 Å². The summed E-state index contributed by atoms with van der Waals surface area (Å²) in [7, 11) is 0. The molecule has 1 aromatic carbocycles. The summed E-state index contributed by atoms with van der Waals surface area (Å²) in [4.78, 5) is 4.16. The molecule has 0 aliphatic carbocycles. The monoisotopic (exact) mass is 261 g/mol. The predicted octanol–water partition coefficient (Wildman–Crippen LogP) is 4.82. The average Bonchev–Trinajstić information content (AvgIpc) is 2.32. The SMILES string of the molecule is CC(C)(C)c1cccc(Cl)c1Oc1ccccn1. The zero-order chi connectivity index (χ0) is 13.2. The second-order valence-electron chi connectivity index (χ2n) is 5.14. The summed E-state index contributed by atoms with van der Waals surface area (Å²) in [5, 5.41) is 0.605. The normalized spacial score (nSPS) is 11.3. The summed E-state index contributed by atoms with van der Waals surface area (Å²) in [5.74, 6) is 1.24. The lowest BCUT2D eigenvalue weighted by Crippen LogP contribution is -2.12. The lowest BCUT2D eigenvalue weighted by molar-refractivity contribution is 0.440. The molecule has 3 heteroatoms. The van der Waals surface area contributed by atoms with Crippen LogP contribution in [-0.4, -0.2) is 4.98 Å². The Morgan fingerprint density at radius 2 is 1.83 bits per heavy atom. The van der Waals surface area contributed by atoms with Crippen molar-refractivity contribution in [2.45, 2.75) is 26.2 Å². The van der Waals surface area contributed by atoms with Crippen LogP contribution >= 0.6 is 11.6 Å². The van der Waals surface area contributed by atoms with E-state index in [1.54, 1.807) is 6.20 Å². The van der Waals surface area contributed by atoms with Crippen LogP contribution in [0.15, 0.2) is 42.6 Å². The van der Waals surface area contributed by atoms with Gasteiger partial charge in [-0.2, -0.15) is 0 Å². The number of para-hydroxylation sites is 1. The first-order chi connectivity index (χ1) is 8.48. The molecular weight excluding hydrogens is 246 g/mol. The quantitative estimate of drug-likeness (QED) is 0.773. The van der Waals surface area contributed by atoms with Gasteiger partial charge in [-0.05, 0) is 17.5 Å². The first kappa shape index (κ1) is 12.9. The van der Waals surface area contributed by atoms with Gasteiger partial charge >= 0.3 is 0 Å². The Labute approximate surface area is 113 Å². The molecule has 1 heterocycles. The molecule has 0 saturated carbocycles. The Morgan fingerprint density at radius 1 is 1.06 bits per heavy atom. The van der Waals surface area contributed by atoms with Gasteiger partial charge < -0.3 is 4.74 Å². The van der Waals surface area contributed by atoms with E-state index in [2.05, 4.69) is 25.8 Å². The van der Waals surface area contributed by atoms with Crippen LogP contribution in [0.4, 0.5) is 0 Å². The van der Waals surface area contributed by atoms with E-state index in [0.29, 0.717) is 16.7 Å². The molecule has 94 valence electrons. The molecule has 0 unspecified atom stereocenters. The zero-order valence-corrected chi connectivity index (χ0v) is 11.5. The van der Waals surface area contributed by atoms with Gasteiger partial charge in [0.1, 0.15) is 0 Å². The molecule has 0 saturated heterocycles. The number of hydrogen-bond acceptors (Lipinski definition) is 2. The summed E-state index contributed by atoms with van der Waals surface area (Å²) in [6.07, 6.45) is 1.70. The van der Waals surface area contributed by atoms with E-state index in [9.17, 15) is 0 Å². The van der Waals surface area contributed by atoms with Gasteiger partial charge in [-0.25, -0.2) is 4.98 Å². The minimum Gasteiger partial charge on any atom is -0.437 e. The van der Waals surface area contributed by atoms with Gasteiger partial charge in [0, 0.05) is 17.8 Å². The van der Waals surface area contributed by atoms with Crippen LogP contribution in [0.1, 0.15) is 26.3 Å². The van der Waals surface area contributed by atoms with E-state index in [-0.39, 0.29) is 5.41 Å². The maximum Gasteiger partial charge on any atom is 0.219 e. The fraction of sp³-hybridized carbons (Fsp3) is 0.267. The molecule has 2 rings (SSSR count). The first-order valence-electron chi connectivity index (χ1n) is 5.86. The Hall–Kier alpha value is -1.54. The van der Waals surface area contributed by atoms with Crippen molar-refractivity contribution in [2.24, 2.45) is 0 Å². The van der Waals surface area contributed by atoms with Crippen LogP contribution in [0.3, 0.4) is 0 Å². The standard InChI is InChI=1S/C15H16ClNO/c1-15(2,3)11-7-6-8-12(16)14(11)18-13-9-4-5-10-17-13/h4-10H,1-3H3. The smallest absolute Gasteiger partial charge is 0.219 e. The number of ether oxygens (including phenoxy) is 1. The minimum absolute atomic E-state index is 0.0327. The molecule has 0 N–H and O–H groups in total.